The summed E-state index contributed by atoms with van der Waals surface area (Å²) >= 11 is 0. The van der Waals surface area contributed by atoms with E-state index in [1.54, 1.807) is 21.3 Å². The molecule has 0 saturated heterocycles. The van der Waals surface area contributed by atoms with Crippen molar-refractivity contribution in [1.82, 2.24) is 0 Å². The Bertz CT molecular complexity index is 376. The SMILES string of the molecule is CCC(CCO)c1cc(OC)c(OC)cc1OC. The lowest BCUT2D eigenvalue weighted by Crippen LogP contribution is -2.04. The van der Waals surface area contributed by atoms with Gasteiger partial charge in [-0.1, -0.05) is 6.92 Å². The van der Waals surface area contributed by atoms with Crippen LogP contribution in [0.1, 0.15) is 31.2 Å². The van der Waals surface area contributed by atoms with Crippen molar-refractivity contribution in [1.29, 1.82) is 0 Å². The lowest BCUT2D eigenvalue weighted by molar-refractivity contribution is 0.272. The van der Waals surface area contributed by atoms with Gasteiger partial charge in [0, 0.05) is 18.2 Å². The zero-order valence-electron chi connectivity index (χ0n) is 11.5. The molecule has 0 bridgehead atoms. The van der Waals surface area contributed by atoms with Crippen LogP contribution in [0, 0.1) is 0 Å². The first kappa shape index (κ1) is 14.6. The number of rotatable bonds is 7. The Kier molecular flexibility index (Phi) is 5.78. The van der Waals surface area contributed by atoms with E-state index in [0.717, 1.165) is 17.7 Å². The third kappa shape index (κ3) is 3.07. The van der Waals surface area contributed by atoms with Gasteiger partial charge in [-0.25, -0.2) is 0 Å². The summed E-state index contributed by atoms with van der Waals surface area (Å²) < 4.78 is 16.0. The summed E-state index contributed by atoms with van der Waals surface area (Å²) in [5, 5.41) is 9.12. The molecular formula is C14H22O4. The van der Waals surface area contributed by atoms with Gasteiger partial charge < -0.3 is 19.3 Å². The van der Waals surface area contributed by atoms with Crippen LogP contribution in [0.15, 0.2) is 12.1 Å². The minimum absolute atomic E-state index is 0.163. The van der Waals surface area contributed by atoms with E-state index in [4.69, 9.17) is 19.3 Å². The van der Waals surface area contributed by atoms with Crippen molar-refractivity contribution in [3.05, 3.63) is 17.7 Å². The van der Waals surface area contributed by atoms with Gasteiger partial charge in [0.05, 0.1) is 21.3 Å². The van der Waals surface area contributed by atoms with E-state index in [-0.39, 0.29) is 12.5 Å². The van der Waals surface area contributed by atoms with E-state index < -0.39 is 0 Å². The molecular weight excluding hydrogens is 232 g/mol. The smallest absolute Gasteiger partial charge is 0.164 e. The van der Waals surface area contributed by atoms with Crippen LogP contribution < -0.4 is 14.2 Å². The maximum atomic E-state index is 9.12. The van der Waals surface area contributed by atoms with Crippen molar-refractivity contribution < 1.29 is 19.3 Å². The minimum Gasteiger partial charge on any atom is -0.496 e. The van der Waals surface area contributed by atoms with Gasteiger partial charge in [0.2, 0.25) is 0 Å². The highest BCUT2D eigenvalue weighted by Gasteiger charge is 2.18. The van der Waals surface area contributed by atoms with Crippen molar-refractivity contribution in [3.8, 4) is 17.2 Å². The van der Waals surface area contributed by atoms with Gasteiger partial charge in [0.25, 0.3) is 0 Å². The Labute approximate surface area is 108 Å². The van der Waals surface area contributed by atoms with Gasteiger partial charge in [0.15, 0.2) is 11.5 Å². The van der Waals surface area contributed by atoms with Crippen LogP contribution in [-0.2, 0) is 0 Å². The Morgan fingerprint density at radius 3 is 2.00 bits per heavy atom. The predicted molar refractivity (Wildman–Crippen MR) is 70.8 cm³/mol. The monoisotopic (exact) mass is 254 g/mol. The van der Waals surface area contributed by atoms with Crippen molar-refractivity contribution in [2.75, 3.05) is 27.9 Å². The lowest BCUT2D eigenvalue weighted by atomic mass is 9.92. The second-order valence-electron chi connectivity index (χ2n) is 4.07. The summed E-state index contributed by atoms with van der Waals surface area (Å²) in [7, 11) is 4.85. The number of benzene rings is 1. The number of hydrogen-bond acceptors (Lipinski definition) is 4. The number of aliphatic hydroxyl groups is 1. The number of methoxy groups -OCH3 is 3. The summed E-state index contributed by atoms with van der Waals surface area (Å²) in [4.78, 5) is 0. The van der Waals surface area contributed by atoms with Crippen LogP contribution in [0.5, 0.6) is 17.2 Å². The Morgan fingerprint density at radius 1 is 1.00 bits per heavy atom. The van der Waals surface area contributed by atoms with E-state index in [9.17, 15) is 0 Å². The van der Waals surface area contributed by atoms with Crippen LogP contribution >= 0.6 is 0 Å². The molecule has 1 aromatic rings. The molecule has 0 radical (unpaired) electrons. The molecule has 0 spiro atoms. The van der Waals surface area contributed by atoms with Crippen molar-refractivity contribution >= 4 is 0 Å². The van der Waals surface area contributed by atoms with Gasteiger partial charge in [0.1, 0.15) is 5.75 Å². The molecule has 0 aliphatic carbocycles. The quantitative estimate of drug-likeness (QED) is 0.812. The van der Waals surface area contributed by atoms with Gasteiger partial charge in [-0.2, -0.15) is 0 Å². The molecule has 1 rings (SSSR count). The Balaban J connectivity index is 3.23. The average Bonchev–Trinajstić information content (AvgIpc) is 2.43. The van der Waals surface area contributed by atoms with E-state index in [1.165, 1.54) is 0 Å². The summed E-state index contributed by atoms with van der Waals surface area (Å²) in [5.74, 6) is 2.36. The molecule has 1 unspecified atom stereocenters. The molecule has 4 heteroatoms. The fourth-order valence-corrected chi connectivity index (χ4v) is 2.11. The molecule has 102 valence electrons. The fourth-order valence-electron chi connectivity index (χ4n) is 2.11. The van der Waals surface area contributed by atoms with Gasteiger partial charge in [-0.15, -0.1) is 0 Å². The highest BCUT2D eigenvalue weighted by atomic mass is 16.5. The van der Waals surface area contributed by atoms with E-state index in [2.05, 4.69) is 6.92 Å². The molecule has 0 amide bonds. The Morgan fingerprint density at radius 2 is 1.56 bits per heavy atom. The number of ether oxygens (including phenoxy) is 3. The zero-order valence-corrected chi connectivity index (χ0v) is 11.5. The second kappa shape index (κ2) is 7.11. The van der Waals surface area contributed by atoms with Crippen LogP contribution in [0.4, 0.5) is 0 Å². The second-order valence-corrected chi connectivity index (χ2v) is 4.07. The summed E-state index contributed by atoms with van der Waals surface area (Å²) in [6, 6.07) is 3.76. The standard InChI is InChI=1S/C14H22O4/c1-5-10(6-7-15)11-8-13(17-3)14(18-4)9-12(11)16-2/h8-10,15H,5-7H2,1-4H3. The average molecular weight is 254 g/mol. The van der Waals surface area contributed by atoms with E-state index >= 15 is 0 Å². The largest absolute Gasteiger partial charge is 0.496 e. The van der Waals surface area contributed by atoms with Crippen molar-refractivity contribution in [2.45, 2.75) is 25.7 Å². The molecule has 0 fully saturated rings. The Hall–Kier alpha value is -1.42. The maximum absolute atomic E-state index is 9.12. The zero-order chi connectivity index (χ0) is 13.5. The molecule has 0 heterocycles. The summed E-state index contributed by atoms with van der Waals surface area (Å²) in [5.41, 5.74) is 1.05. The van der Waals surface area contributed by atoms with Crippen LogP contribution in [0.25, 0.3) is 0 Å². The van der Waals surface area contributed by atoms with Crippen molar-refractivity contribution in [2.24, 2.45) is 0 Å². The normalized spacial score (nSPS) is 12.1. The molecule has 18 heavy (non-hydrogen) atoms. The first-order valence-electron chi connectivity index (χ1n) is 6.12. The molecule has 0 aliphatic rings. The highest BCUT2D eigenvalue weighted by molar-refractivity contribution is 5.52. The van der Waals surface area contributed by atoms with Crippen molar-refractivity contribution in [3.63, 3.8) is 0 Å². The lowest BCUT2D eigenvalue weighted by Gasteiger charge is -2.20. The van der Waals surface area contributed by atoms with Crippen LogP contribution in [-0.4, -0.2) is 33.0 Å². The van der Waals surface area contributed by atoms with Gasteiger partial charge >= 0.3 is 0 Å². The van der Waals surface area contributed by atoms with Gasteiger partial charge in [-0.05, 0) is 24.8 Å². The molecule has 1 N–H and O–H groups in total. The third-order valence-corrected chi connectivity index (χ3v) is 3.15. The summed E-state index contributed by atoms with van der Waals surface area (Å²) in [6.45, 7) is 2.26. The number of aliphatic hydroxyl groups excluding tert-OH is 1. The molecule has 0 saturated carbocycles. The maximum Gasteiger partial charge on any atom is 0.164 e. The topological polar surface area (TPSA) is 47.9 Å². The van der Waals surface area contributed by atoms with Gasteiger partial charge in [-0.3, -0.25) is 0 Å². The third-order valence-electron chi connectivity index (χ3n) is 3.15. The molecule has 1 atom stereocenters. The number of hydrogen-bond donors (Lipinski definition) is 1. The first-order valence-corrected chi connectivity index (χ1v) is 6.12. The van der Waals surface area contributed by atoms with E-state index in [1.807, 2.05) is 12.1 Å². The van der Waals surface area contributed by atoms with E-state index in [0.29, 0.717) is 17.9 Å². The molecule has 4 nitrogen and oxygen atoms in total. The fraction of sp³-hybridized carbons (Fsp3) is 0.571. The highest BCUT2D eigenvalue weighted by Crippen LogP contribution is 2.39. The minimum atomic E-state index is 0.163. The predicted octanol–water partition coefficient (Wildman–Crippen LogP) is 2.59. The molecule has 0 aromatic heterocycles. The summed E-state index contributed by atoms with van der Waals surface area (Å²) in [6.07, 6.45) is 1.65. The molecule has 1 aromatic carbocycles. The first-order chi connectivity index (χ1) is 8.71. The molecule has 0 aliphatic heterocycles. The van der Waals surface area contributed by atoms with Crippen LogP contribution in [0.2, 0.25) is 0 Å². The van der Waals surface area contributed by atoms with Crippen LogP contribution in [0.3, 0.4) is 0 Å².